The number of hydrogen-bond donors (Lipinski definition) is 0. The molecule has 0 aliphatic carbocycles. The van der Waals surface area contributed by atoms with Crippen molar-refractivity contribution in [3.63, 3.8) is 0 Å². The maximum atomic E-state index is 2.28. The van der Waals surface area contributed by atoms with Crippen molar-refractivity contribution in [1.29, 1.82) is 0 Å². The van der Waals surface area contributed by atoms with E-state index in [2.05, 4.69) is 49.0 Å². The summed E-state index contributed by atoms with van der Waals surface area (Å²) in [7, 11) is 0. The summed E-state index contributed by atoms with van der Waals surface area (Å²) in [5, 5.41) is 1.73. The molecule has 0 amide bonds. The molecule has 0 radical (unpaired) electrons. The van der Waals surface area contributed by atoms with E-state index in [1.54, 1.807) is 0 Å². The smallest absolute Gasteiger partial charge is 0.0419 e. The summed E-state index contributed by atoms with van der Waals surface area (Å²) in [4.78, 5) is 0. The Kier molecular flexibility index (Phi) is 4.13. The molecular formula is C14H20S. The Morgan fingerprint density at radius 2 is 1.87 bits per heavy atom. The Hall–Kier alpha value is -0.430. The van der Waals surface area contributed by atoms with E-state index >= 15 is 0 Å². The molecule has 82 valence electrons. The first-order valence-corrected chi connectivity index (χ1v) is 7.06. The van der Waals surface area contributed by atoms with Crippen LogP contribution >= 0.6 is 11.8 Å². The fraction of sp³-hybridized carbons (Fsp3) is 0.571. The Bertz CT molecular complexity index is 281. The third kappa shape index (κ3) is 3.27. The molecule has 1 aliphatic rings. The number of rotatable bonds is 6. The topological polar surface area (TPSA) is 0 Å². The van der Waals surface area contributed by atoms with Gasteiger partial charge in [-0.05, 0) is 12.0 Å². The van der Waals surface area contributed by atoms with Crippen molar-refractivity contribution < 1.29 is 0 Å². The largest absolute Gasteiger partial charge is 0.148 e. The van der Waals surface area contributed by atoms with Gasteiger partial charge in [-0.2, -0.15) is 0 Å². The van der Waals surface area contributed by atoms with Gasteiger partial charge in [-0.3, -0.25) is 0 Å². The van der Waals surface area contributed by atoms with Gasteiger partial charge in [-0.15, -0.1) is 11.8 Å². The van der Waals surface area contributed by atoms with Crippen LogP contribution in [-0.2, 0) is 0 Å². The molecule has 0 aromatic heterocycles. The summed E-state index contributed by atoms with van der Waals surface area (Å²) < 4.78 is 0. The van der Waals surface area contributed by atoms with Crippen molar-refractivity contribution in [3.05, 3.63) is 35.9 Å². The zero-order chi connectivity index (χ0) is 10.5. The predicted molar refractivity (Wildman–Crippen MR) is 69.3 cm³/mol. The molecule has 0 saturated carbocycles. The van der Waals surface area contributed by atoms with Crippen LogP contribution in [0.25, 0.3) is 0 Å². The molecule has 1 heterocycles. The van der Waals surface area contributed by atoms with Crippen LogP contribution in [0.4, 0.5) is 0 Å². The maximum absolute atomic E-state index is 2.28. The summed E-state index contributed by atoms with van der Waals surface area (Å²) in [5.41, 5.74) is 1.53. The van der Waals surface area contributed by atoms with Crippen molar-refractivity contribution in [2.45, 2.75) is 49.5 Å². The average Bonchev–Trinajstić information content (AvgIpc) is 3.05. The zero-order valence-corrected chi connectivity index (χ0v) is 10.3. The fourth-order valence-electron chi connectivity index (χ4n) is 2.07. The number of hydrogen-bond acceptors (Lipinski definition) is 1. The van der Waals surface area contributed by atoms with E-state index in [0.717, 1.165) is 10.5 Å². The minimum absolute atomic E-state index is 0.813. The Morgan fingerprint density at radius 1 is 1.07 bits per heavy atom. The first-order chi connectivity index (χ1) is 7.42. The molecule has 2 rings (SSSR count). The van der Waals surface area contributed by atoms with Crippen LogP contribution in [0.15, 0.2) is 30.3 Å². The summed E-state index contributed by atoms with van der Waals surface area (Å²) in [6.45, 7) is 2.28. The van der Waals surface area contributed by atoms with Gasteiger partial charge in [0.15, 0.2) is 0 Å². The van der Waals surface area contributed by atoms with Crippen LogP contribution in [0, 0.1) is 0 Å². The van der Waals surface area contributed by atoms with Crippen LogP contribution in [0.5, 0.6) is 0 Å². The lowest BCUT2D eigenvalue weighted by Crippen LogP contribution is -1.89. The minimum atomic E-state index is 0.813. The van der Waals surface area contributed by atoms with E-state index in [9.17, 15) is 0 Å². The van der Waals surface area contributed by atoms with E-state index in [-0.39, 0.29) is 0 Å². The van der Waals surface area contributed by atoms with Crippen molar-refractivity contribution in [2.75, 3.05) is 0 Å². The van der Waals surface area contributed by atoms with Gasteiger partial charge in [0, 0.05) is 10.5 Å². The molecule has 1 saturated heterocycles. The first-order valence-electron chi connectivity index (χ1n) is 6.12. The molecule has 1 aromatic carbocycles. The van der Waals surface area contributed by atoms with E-state index in [0.29, 0.717) is 0 Å². The standard InChI is InChI=1S/C14H20S/c1-2-3-4-8-11-13-14(15-13)12-9-6-5-7-10-12/h5-7,9-10,13-14H,2-4,8,11H2,1H3. The zero-order valence-electron chi connectivity index (χ0n) is 9.49. The third-order valence-electron chi connectivity index (χ3n) is 3.05. The molecule has 0 spiro atoms. The molecule has 1 heteroatoms. The molecule has 1 aliphatic heterocycles. The second-order valence-corrected chi connectivity index (χ2v) is 5.74. The van der Waals surface area contributed by atoms with Crippen LogP contribution in [0.2, 0.25) is 0 Å². The van der Waals surface area contributed by atoms with E-state index in [4.69, 9.17) is 0 Å². The van der Waals surface area contributed by atoms with Crippen molar-refractivity contribution in [3.8, 4) is 0 Å². The second kappa shape index (κ2) is 5.60. The van der Waals surface area contributed by atoms with Gasteiger partial charge in [-0.1, -0.05) is 62.9 Å². The molecule has 0 N–H and O–H groups in total. The Morgan fingerprint density at radius 3 is 2.60 bits per heavy atom. The third-order valence-corrected chi connectivity index (χ3v) is 4.49. The van der Waals surface area contributed by atoms with Crippen LogP contribution in [0.1, 0.15) is 49.8 Å². The number of thioether (sulfide) groups is 1. The van der Waals surface area contributed by atoms with E-state index < -0.39 is 0 Å². The van der Waals surface area contributed by atoms with Gasteiger partial charge >= 0.3 is 0 Å². The molecule has 2 atom stereocenters. The second-order valence-electron chi connectivity index (χ2n) is 4.36. The summed E-state index contributed by atoms with van der Waals surface area (Å²) in [5.74, 6) is 0. The number of benzene rings is 1. The van der Waals surface area contributed by atoms with Crippen molar-refractivity contribution >= 4 is 11.8 Å². The molecular weight excluding hydrogens is 200 g/mol. The lowest BCUT2D eigenvalue weighted by molar-refractivity contribution is 0.632. The first kappa shape index (κ1) is 11.1. The van der Waals surface area contributed by atoms with Gasteiger partial charge in [0.2, 0.25) is 0 Å². The highest BCUT2D eigenvalue weighted by Crippen LogP contribution is 2.56. The van der Waals surface area contributed by atoms with Crippen LogP contribution in [-0.4, -0.2) is 5.25 Å². The van der Waals surface area contributed by atoms with Gasteiger partial charge in [0.05, 0.1) is 0 Å². The summed E-state index contributed by atoms with van der Waals surface area (Å²) in [6, 6.07) is 10.9. The maximum Gasteiger partial charge on any atom is 0.0419 e. The fourth-order valence-corrected chi connectivity index (χ4v) is 3.27. The molecule has 0 nitrogen and oxygen atoms in total. The van der Waals surface area contributed by atoms with Crippen molar-refractivity contribution in [2.24, 2.45) is 0 Å². The molecule has 0 bridgehead atoms. The lowest BCUT2D eigenvalue weighted by Gasteiger charge is -1.98. The molecule has 1 fully saturated rings. The quantitative estimate of drug-likeness (QED) is 0.489. The Labute approximate surface area is 97.5 Å². The highest BCUT2D eigenvalue weighted by molar-refractivity contribution is 8.07. The van der Waals surface area contributed by atoms with Gasteiger partial charge in [-0.25, -0.2) is 0 Å². The molecule has 1 aromatic rings. The van der Waals surface area contributed by atoms with Gasteiger partial charge in [0.25, 0.3) is 0 Å². The highest BCUT2D eigenvalue weighted by atomic mass is 32.2. The predicted octanol–water partition coefficient (Wildman–Crippen LogP) is 4.81. The monoisotopic (exact) mass is 220 g/mol. The van der Waals surface area contributed by atoms with Gasteiger partial charge < -0.3 is 0 Å². The normalized spacial score (nSPS) is 24.1. The SMILES string of the molecule is CCCCCCC1SC1c1ccccc1. The van der Waals surface area contributed by atoms with E-state index in [1.807, 2.05) is 0 Å². The average molecular weight is 220 g/mol. The van der Waals surface area contributed by atoms with E-state index in [1.165, 1.54) is 37.7 Å². The summed E-state index contributed by atoms with van der Waals surface area (Å²) >= 11 is 2.15. The summed E-state index contributed by atoms with van der Waals surface area (Å²) in [6.07, 6.45) is 7.03. The van der Waals surface area contributed by atoms with Crippen LogP contribution in [0.3, 0.4) is 0 Å². The minimum Gasteiger partial charge on any atom is -0.148 e. The highest BCUT2D eigenvalue weighted by Gasteiger charge is 2.38. The Balaban J connectivity index is 1.68. The van der Waals surface area contributed by atoms with Crippen molar-refractivity contribution in [1.82, 2.24) is 0 Å². The lowest BCUT2D eigenvalue weighted by atomic mass is 10.1. The molecule has 2 unspecified atom stereocenters. The van der Waals surface area contributed by atoms with Crippen LogP contribution < -0.4 is 0 Å². The number of unbranched alkanes of at least 4 members (excludes halogenated alkanes) is 3. The molecule has 15 heavy (non-hydrogen) atoms. The van der Waals surface area contributed by atoms with Gasteiger partial charge in [0.1, 0.15) is 0 Å².